The summed E-state index contributed by atoms with van der Waals surface area (Å²) in [5, 5.41) is 3.39. The molecular formula is C13H20ClN3O. The third-order valence-corrected chi connectivity index (χ3v) is 2.88. The summed E-state index contributed by atoms with van der Waals surface area (Å²) in [5.74, 6) is 0. The smallest absolute Gasteiger partial charge is 0.321 e. The van der Waals surface area contributed by atoms with Gasteiger partial charge in [0, 0.05) is 24.3 Å². The van der Waals surface area contributed by atoms with Crippen LogP contribution < -0.4 is 11.1 Å². The first-order valence-corrected chi connectivity index (χ1v) is 6.19. The van der Waals surface area contributed by atoms with Crippen LogP contribution in [0.1, 0.15) is 13.8 Å². The molecular weight excluding hydrogens is 250 g/mol. The van der Waals surface area contributed by atoms with Gasteiger partial charge in [-0.15, -0.1) is 0 Å². The lowest BCUT2D eigenvalue weighted by molar-refractivity contribution is 0.197. The largest absolute Gasteiger partial charge is 0.330 e. The fourth-order valence-corrected chi connectivity index (χ4v) is 1.75. The van der Waals surface area contributed by atoms with Gasteiger partial charge in [-0.25, -0.2) is 4.79 Å². The van der Waals surface area contributed by atoms with E-state index in [1.165, 1.54) is 0 Å². The Bertz CT molecular complexity index is 420. The summed E-state index contributed by atoms with van der Waals surface area (Å²) in [6, 6.07) is 6.90. The first-order valence-electron chi connectivity index (χ1n) is 5.82. The van der Waals surface area contributed by atoms with Crippen molar-refractivity contribution in [2.75, 3.05) is 25.5 Å². The van der Waals surface area contributed by atoms with Crippen LogP contribution in [0, 0.1) is 5.41 Å². The van der Waals surface area contributed by atoms with Gasteiger partial charge in [-0.3, -0.25) is 0 Å². The zero-order valence-corrected chi connectivity index (χ0v) is 11.8. The third-order valence-electron chi connectivity index (χ3n) is 2.64. The van der Waals surface area contributed by atoms with E-state index in [1.54, 1.807) is 36.2 Å². The van der Waals surface area contributed by atoms with Gasteiger partial charge in [-0.2, -0.15) is 0 Å². The fourth-order valence-electron chi connectivity index (χ4n) is 1.56. The van der Waals surface area contributed by atoms with Gasteiger partial charge < -0.3 is 16.0 Å². The Morgan fingerprint density at radius 3 is 2.72 bits per heavy atom. The number of nitrogens with two attached hydrogens (primary N) is 1. The highest BCUT2D eigenvalue weighted by atomic mass is 35.5. The number of hydrogen-bond donors (Lipinski definition) is 2. The minimum Gasteiger partial charge on any atom is -0.330 e. The molecule has 0 saturated carbocycles. The number of carbonyl (C=O) groups is 1. The van der Waals surface area contributed by atoms with Crippen molar-refractivity contribution >= 4 is 23.3 Å². The van der Waals surface area contributed by atoms with Crippen molar-refractivity contribution in [1.29, 1.82) is 0 Å². The van der Waals surface area contributed by atoms with Crippen LogP contribution in [0.5, 0.6) is 0 Å². The number of rotatable bonds is 4. The van der Waals surface area contributed by atoms with Crippen LogP contribution in [0.3, 0.4) is 0 Å². The average Bonchev–Trinajstić information content (AvgIpc) is 2.28. The lowest BCUT2D eigenvalue weighted by Crippen LogP contribution is -2.41. The Morgan fingerprint density at radius 1 is 1.50 bits per heavy atom. The number of nitrogens with one attached hydrogen (secondary N) is 1. The summed E-state index contributed by atoms with van der Waals surface area (Å²) in [6.07, 6.45) is 0. The Kier molecular flexibility index (Phi) is 4.99. The second-order valence-electron chi connectivity index (χ2n) is 5.16. The lowest BCUT2D eigenvalue weighted by Gasteiger charge is -2.29. The summed E-state index contributed by atoms with van der Waals surface area (Å²) in [7, 11) is 1.75. The maximum Gasteiger partial charge on any atom is 0.321 e. The molecule has 100 valence electrons. The van der Waals surface area contributed by atoms with Crippen LogP contribution in [0.4, 0.5) is 10.5 Å². The highest BCUT2D eigenvalue weighted by Gasteiger charge is 2.21. The van der Waals surface area contributed by atoms with Crippen molar-refractivity contribution < 1.29 is 4.79 Å². The summed E-state index contributed by atoms with van der Waals surface area (Å²) in [6.45, 7) is 5.17. The molecule has 0 fully saturated rings. The van der Waals surface area contributed by atoms with Gasteiger partial charge in [-0.1, -0.05) is 31.5 Å². The molecule has 0 heterocycles. The second kappa shape index (κ2) is 6.07. The zero-order chi connectivity index (χ0) is 13.8. The van der Waals surface area contributed by atoms with Gasteiger partial charge in [0.25, 0.3) is 0 Å². The Labute approximate surface area is 113 Å². The van der Waals surface area contributed by atoms with Crippen molar-refractivity contribution in [3.63, 3.8) is 0 Å². The minimum absolute atomic E-state index is 0.0968. The van der Waals surface area contributed by atoms with Gasteiger partial charge in [-0.05, 0) is 30.2 Å². The zero-order valence-electron chi connectivity index (χ0n) is 11.0. The maximum absolute atomic E-state index is 11.9. The monoisotopic (exact) mass is 269 g/mol. The molecule has 0 saturated heterocycles. The molecule has 1 aromatic carbocycles. The maximum atomic E-state index is 11.9. The predicted molar refractivity (Wildman–Crippen MR) is 75.9 cm³/mol. The third kappa shape index (κ3) is 4.55. The molecule has 5 heteroatoms. The van der Waals surface area contributed by atoms with Gasteiger partial charge in [0.15, 0.2) is 0 Å². The van der Waals surface area contributed by atoms with Crippen molar-refractivity contribution in [1.82, 2.24) is 4.90 Å². The highest BCUT2D eigenvalue weighted by Crippen LogP contribution is 2.17. The molecule has 0 aliphatic heterocycles. The van der Waals surface area contributed by atoms with Crippen LogP contribution in [-0.4, -0.2) is 31.1 Å². The van der Waals surface area contributed by atoms with Gasteiger partial charge in [0.1, 0.15) is 0 Å². The standard InChI is InChI=1S/C13H20ClN3O/c1-13(2,8-15)9-17(3)12(18)16-11-6-4-5-10(14)7-11/h4-7H,8-9,15H2,1-3H3,(H,16,18). The molecule has 0 bridgehead atoms. The molecule has 2 amide bonds. The molecule has 0 atom stereocenters. The van der Waals surface area contributed by atoms with E-state index in [2.05, 4.69) is 5.32 Å². The van der Waals surface area contributed by atoms with E-state index in [9.17, 15) is 4.79 Å². The SMILES string of the molecule is CN(CC(C)(C)CN)C(=O)Nc1cccc(Cl)c1. The Morgan fingerprint density at radius 2 is 2.17 bits per heavy atom. The van der Waals surface area contributed by atoms with E-state index in [1.807, 2.05) is 13.8 Å². The number of amides is 2. The molecule has 0 aromatic heterocycles. The number of carbonyl (C=O) groups excluding carboxylic acids is 1. The van der Waals surface area contributed by atoms with E-state index in [0.29, 0.717) is 23.8 Å². The highest BCUT2D eigenvalue weighted by molar-refractivity contribution is 6.30. The molecule has 1 rings (SSSR count). The van der Waals surface area contributed by atoms with Crippen LogP contribution in [0.2, 0.25) is 5.02 Å². The van der Waals surface area contributed by atoms with Crippen LogP contribution in [0.25, 0.3) is 0 Å². The van der Waals surface area contributed by atoms with Gasteiger partial charge in [0.05, 0.1) is 0 Å². The summed E-state index contributed by atoms with van der Waals surface area (Å²) in [4.78, 5) is 13.6. The normalized spacial score (nSPS) is 11.2. The predicted octanol–water partition coefficient (Wildman–Crippen LogP) is 2.79. The quantitative estimate of drug-likeness (QED) is 0.883. The van der Waals surface area contributed by atoms with E-state index in [0.717, 1.165) is 0 Å². The van der Waals surface area contributed by atoms with Crippen LogP contribution in [0.15, 0.2) is 24.3 Å². The van der Waals surface area contributed by atoms with Crippen molar-refractivity contribution in [2.45, 2.75) is 13.8 Å². The number of halogens is 1. The van der Waals surface area contributed by atoms with E-state index in [4.69, 9.17) is 17.3 Å². The van der Waals surface area contributed by atoms with Crippen LogP contribution >= 0.6 is 11.6 Å². The topological polar surface area (TPSA) is 58.4 Å². The van der Waals surface area contributed by atoms with E-state index in [-0.39, 0.29) is 11.4 Å². The Balaban J connectivity index is 2.60. The number of urea groups is 1. The lowest BCUT2D eigenvalue weighted by atomic mass is 9.93. The first-order chi connectivity index (χ1) is 8.34. The fraction of sp³-hybridized carbons (Fsp3) is 0.462. The summed E-state index contributed by atoms with van der Waals surface area (Å²) in [5.41, 5.74) is 6.24. The number of anilines is 1. The number of benzene rings is 1. The minimum atomic E-state index is -0.168. The number of hydrogen-bond acceptors (Lipinski definition) is 2. The molecule has 1 aromatic rings. The molecule has 18 heavy (non-hydrogen) atoms. The molecule has 0 spiro atoms. The van der Waals surface area contributed by atoms with Crippen LogP contribution in [-0.2, 0) is 0 Å². The average molecular weight is 270 g/mol. The molecule has 0 aliphatic carbocycles. The van der Waals surface area contributed by atoms with Crippen molar-refractivity contribution in [2.24, 2.45) is 11.1 Å². The van der Waals surface area contributed by atoms with Gasteiger partial charge >= 0.3 is 6.03 Å². The van der Waals surface area contributed by atoms with Gasteiger partial charge in [0.2, 0.25) is 0 Å². The number of nitrogens with zero attached hydrogens (tertiary/aromatic N) is 1. The molecule has 0 unspecified atom stereocenters. The first kappa shape index (κ1) is 14.8. The summed E-state index contributed by atoms with van der Waals surface area (Å²) < 4.78 is 0. The summed E-state index contributed by atoms with van der Waals surface area (Å²) >= 11 is 5.86. The molecule has 4 nitrogen and oxygen atoms in total. The molecule has 0 aliphatic rings. The Hall–Kier alpha value is -1.26. The second-order valence-corrected chi connectivity index (χ2v) is 5.60. The molecule has 0 radical (unpaired) electrons. The van der Waals surface area contributed by atoms with E-state index < -0.39 is 0 Å². The van der Waals surface area contributed by atoms with Crippen molar-refractivity contribution in [3.8, 4) is 0 Å². The van der Waals surface area contributed by atoms with Crippen molar-refractivity contribution in [3.05, 3.63) is 29.3 Å². The van der Waals surface area contributed by atoms with E-state index >= 15 is 0 Å². The molecule has 3 N–H and O–H groups in total.